The highest BCUT2D eigenvalue weighted by molar-refractivity contribution is 5.34. The number of benzene rings is 1. The van der Waals surface area contributed by atoms with E-state index in [-0.39, 0.29) is 12.6 Å². The molecule has 0 radical (unpaired) electrons. The highest BCUT2D eigenvalue weighted by atomic mass is 16.3. The number of imidazole rings is 1. The standard InChI is InChI=1S/C13H17N3O/c1-11(9-17)15-8-12-2-4-13(5-3-12)16-7-6-14-10-16/h2-7,10-11,15,17H,8-9H2,1H3/t11-/m1/s1. The largest absolute Gasteiger partial charge is 0.395 e. The molecule has 1 aromatic heterocycles. The normalized spacial score (nSPS) is 12.6. The minimum absolute atomic E-state index is 0.128. The van der Waals surface area contributed by atoms with Crippen molar-refractivity contribution in [2.24, 2.45) is 0 Å². The molecule has 4 heteroatoms. The van der Waals surface area contributed by atoms with Crippen LogP contribution in [-0.2, 0) is 6.54 Å². The maximum absolute atomic E-state index is 8.91. The molecule has 4 nitrogen and oxygen atoms in total. The van der Waals surface area contributed by atoms with Crippen LogP contribution in [0, 0.1) is 0 Å². The molecule has 2 N–H and O–H groups in total. The van der Waals surface area contributed by atoms with Crippen molar-refractivity contribution < 1.29 is 5.11 Å². The van der Waals surface area contributed by atoms with Crippen LogP contribution >= 0.6 is 0 Å². The molecular formula is C13H17N3O. The summed E-state index contributed by atoms with van der Waals surface area (Å²) >= 11 is 0. The molecule has 1 aromatic carbocycles. The van der Waals surface area contributed by atoms with Gasteiger partial charge in [0.05, 0.1) is 12.9 Å². The lowest BCUT2D eigenvalue weighted by molar-refractivity contribution is 0.251. The van der Waals surface area contributed by atoms with E-state index >= 15 is 0 Å². The highest BCUT2D eigenvalue weighted by Gasteiger charge is 2.00. The van der Waals surface area contributed by atoms with Gasteiger partial charge in [0.2, 0.25) is 0 Å². The van der Waals surface area contributed by atoms with E-state index in [4.69, 9.17) is 5.11 Å². The van der Waals surface area contributed by atoms with Gasteiger partial charge >= 0.3 is 0 Å². The van der Waals surface area contributed by atoms with E-state index in [0.717, 1.165) is 12.2 Å². The van der Waals surface area contributed by atoms with Crippen LogP contribution in [0.25, 0.3) is 5.69 Å². The van der Waals surface area contributed by atoms with Gasteiger partial charge in [-0.2, -0.15) is 0 Å². The van der Waals surface area contributed by atoms with Crippen molar-refractivity contribution in [3.63, 3.8) is 0 Å². The number of nitrogens with one attached hydrogen (secondary N) is 1. The fourth-order valence-corrected chi connectivity index (χ4v) is 1.55. The van der Waals surface area contributed by atoms with Gasteiger partial charge in [-0.25, -0.2) is 4.98 Å². The van der Waals surface area contributed by atoms with Gasteiger partial charge in [-0.1, -0.05) is 12.1 Å². The third-order valence-corrected chi connectivity index (χ3v) is 2.67. The molecule has 0 saturated heterocycles. The summed E-state index contributed by atoms with van der Waals surface area (Å²) in [5.41, 5.74) is 2.30. The number of nitrogens with zero attached hydrogens (tertiary/aromatic N) is 2. The topological polar surface area (TPSA) is 50.1 Å². The first-order chi connectivity index (χ1) is 8.29. The Balaban J connectivity index is 1.99. The first kappa shape index (κ1) is 11.8. The molecule has 0 aliphatic heterocycles. The van der Waals surface area contributed by atoms with E-state index in [0.29, 0.717) is 0 Å². The summed E-state index contributed by atoms with van der Waals surface area (Å²) in [6.45, 7) is 2.89. The first-order valence-corrected chi connectivity index (χ1v) is 5.71. The second kappa shape index (κ2) is 5.61. The number of aromatic nitrogens is 2. The molecule has 0 spiro atoms. The Morgan fingerprint density at radius 1 is 1.35 bits per heavy atom. The van der Waals surface area contributed by atoms with E-state index < -0.39 is 0 Å². The second-order valence-corrected chi connectivity index (χ2v) is 4.10. The molecule has 0 unspecified atom stereocenters. The van der Waals surface area contributed by atoms with Crippen LogP contribution < -0.4 is 5.32 Å². The second-order valence-electron chi connectivity index (χ2n) is 4.10. The number of aliphatic hydroxyl groups is 1. The predicted octanol–water partition coefficient (Wildman–Crippen LogP) is 1.34. The number of hydrogen-bond acceptors (Lipinski definition) is 3. The summed E-state index contributed by atoms with van der Waals surface area (Å²) in [6.07, 6.45) is 5.46. The van der Waals surface area contributed by atoms with Crippen LogP contribution in [-0.4, -0.2) is 27.3 Å². The number of hydrogen-bond donors (Lipinski definition) is 2. The highest BCUT2D eigenvalue weighted by Crippen LogP contribution is 2.09. The van der Waals surface area contributed by atoms with E-state index in [1.54, 1.807) is 12.5 Å². The zero-order valence-corrected chi connectivity index (χ0v) is 9.87. The van der Waals surface area contributed by atoms with Gasteiger partial charge in [0.15, 0.2) is 0 Å². The van der Waals surface area contributed by atoms with E-state index in [9.17, 15) is 0 Å². The molecule has 17 heavy (non-hydrogen) atoms. The van der Waals surface area contributed by atoms with Crippen molar-refractivity contribution in [1.29, 1.82) is 0 Å². The molecule has 0 bridgehead atoms. The minimum atomic E-state index is 0.128. The van der Waals surface area contributed by atoms with Crippen LogP contribution in [0.15, 0.2) is 43.0 Å². The fourth-order valence-electron chi connectivity index (χ4n) is 1.55. The Hall–Kier alpha value is -1.65. The van der Waals surface area contributed by atoms with Crippen LogP contribution in [0.1, 0.15) is 12.5 Å². The lowest BCUT2D eigenvalue weighted by Crippen LogP contribution is -2.28. The molecule has 1 heterocycles. The van der Waals surface area contributed by atoms with E-state index in [2.05, 4.69) is 34.6 Å². The average Bonchev–Trinajstić information content (AvgIpc) is 2.90. The van der Waals surface area contributed by atoms with Gasteiger partial charge in [-0.05, 0) is 24.6 Å². The van der Waals surface area contributed by atoms with E-state index in [1.165, 1.54) is 5.56 Å². The average molecular weight is 231 g/mol. The van der Waals surface area contributed by atoms with Crippen LogP contribution in [0.3, 0.4) is 0 Å². The smallest absolute Gasteiger partial charge is 0.0991 e. The fraction of sp³-hybridized carbons (Fsp3) is 0.308. The number of rotatable bonds is 5. The monoisotopic (exact) mass is 231 g/mol. The molecule has 2 aromatic rings. The lowest BCUT2D eigenvalue weighted by Gasteiger charge is -2.11. The van der Waals surface area contributed by atoms with Gasteiger partial charge in [0.25, 0.3) is 0 Å². The van der Waals surface area contributed by atoms with Crippen LogP contribution in [0.2, 0.25) is 0 Å². The molecule has 0 amide bonds. The van der Waals surface area contributed by atoms with Gasteiger partial charge in [-0.15, -0.1) is 0 Å². The van der Waals surface area contributed by atoms with E-state index in [1.807, 2.05) is 17.7 Å². The van der Waals surface area contributed by atoms with Crippen molar-refractivity contribution in [3.05, 3.63) is 48.5 Å². The van der Waals surface area contributed by atoms with Crippen molar-refractivity contribution in [1.82, 2.24) is 14.9 Å². The minimum Gasteiger partial charge on any atom is -0.395 e. The molecule has 1 atom stereocenters. The van der Waals surface area contributed by atoms with Crippen molar-refractivity contribution in [3.8, 4) is 5.69 Å². The Labute approximate surface area is 101 Å². The third-order valence-electron chi connectivity index (χ3n) is 2.67. The molecule has 2 rings (SSSR count). The quantitative estimate of drug-likeness (QED) is 0.816. The summed E-state index contributed by atoms with van der Waals surface area (Å²) < 4.78 is 1.97. The molecule has 0 saturated carbocycles. The zero-order chi connectivity index (χ0) is 12.1. The number of aliphatic hydroxyl groups excluding tert-OH is 1. The predicted molar refractivity (Wildman–Crippen MR) is 67.0 cm³/mol. The summed E-state index contributed by atoms with van der Waals surface area (Å²) in [7, 11) is 0. The lowest BCUT2D eigenvalue weighted by atomic mass is 10.2. The molecule has 90 valence electrons. The summed E-state index contributed by atoms with van der Waals surface area (Å²) in [4.78, 5) is 4.01. The summed E-state index contributed by atoms with van der Waals surface area (Å²) in [5, 5.41) is 12.1. The van der Waals surface area contributed by atoms with Crippen LogP contribution in [0.5, 0.6) is 0 Å². The molecule has 0 aliphatic rings. The van der Waals surface area contributed by atoms with Gasteiger partial charge in [0, 0.05) is 30.7 Å². The zero-order valence-electron chi connectivity index (χ0n) is 9.87. The van der Waals surface area contributed by atoms with Gasteiger partial charge in [-0.3, -0.25) is 0 Å². The Morgan fingerprint density at radius 2 is 2.12 bits per heavy atom. The molecular weight excluding hydrogens is 214 g/mol. The third kappa shape index (κ3) is 3.15. The van der Waals surface area contributed by atoms with Crippen LogP contribution in [0.4, 0.5) is 0 Å². The summed E-state index contributed by atoms with van der Waals surface area (Å²) in [5.74, 6) is 0. The maximum Gasteiger partial charge on any atom is 0.0991 e. The first-order valence-electron chi connectivity index (χ1n) is 5.71. The Kier molecular flexibility index (Phi) is 3.90. The summed E-state index contributed by atoms with van der Waals surface area (Å²) in [6, 6.07) is 8.40. The molecule has 0 aliphatic carbocycles. The van der Waals surface area contributed by atoms with Gasteiger partial charge in [0.1, 0.15) is 0 Å². The van der Waals surface area contributed by atoms with Crippen molar-refractivity contribution in [2.75, 3.05) is 6.61 Å². The Morgan fingerprint density at radius 3 is 2.71 bits per heavy atom. The SMILES string of the molecule is C[C@H](CO)NCc1ccc(-n2ccnc2)cc1. The van der Waals surface area contributed by atoms with Crippen molar-refractivity contribution >= 4 is 0 Å². The molecule has 0 fully saturated rings. The Bertz CT molecular complexity index is 436. The van der Waals surface area contributed by atoms with Gasteiger partial charge < -0.3 is 15.0 Å². The van der Waals surface area contributed by atoms with Crippen molar-refractivity contribution in [2.45, 2.75) is 19.5 Å². The maximum atomic E-state index is 8.91.